The normalized spacial score (nSPS) is 15.1. The third kappa shape index (κ3) is 1.92. The summed E-state index contributed by atoms with van der Waals surface area (Å²) >= 11 is 0. The molecule has 3 aromatic rings. The van der Waals surface area contributed by atoms with Crippen molar-refractivity contribution < 1.29 is 18.7 Å². The van der Waals surface area contributed by atoms with E-state index in [4.69, 9.17) is 4.74 Å². The lowest BCUT2D eigenvalue weighted by molar-refractivity contribution is 0.0880. The van der Waals surface area contributed by atoms with Crippen molar-refractivity contribution in [2.45, 2.75) is 6.42 Å². The zero-order valence-corrected chi connectivity index (χ0v) is 13.1. The van der Waals surface area contributed by atoms with E-state index >= 15 is 0 Å². The molecule has 0 bridgehead atoms. The summed E-state index contributed by atoms with van der Waals surface area (Å²) in [7, 11) is 0. The molecule has 2 aliphatic rings. The molecule has 2 heterocycles. The van der Waals surface area contributed by atoms with Crippen molar-refractivity contribution in [1.29, 1.82) is 0 Å². The minimum Gasteiger partial charge on any atom is -0.492 e. The van der Waals surface area contributed by atoms with Crippen LogP contribution in [0.2, 0.25) is 0 Å². The van der Waals surface area contributed by atoms with Crippen LogP contribution in [-0.4, -0.2) is 18.4 Å². The molecule has 0 aliphatic carbocycles. The predicted octanol–water partition coefficient (Wildman–Crippen LogP) is 3.46. The van der Waals surface area contributed by atoms with Gasteiger partial charge in [-0.15, -0.1) is 0 Å². The average Bonchev–Trinajstić information content (AvgIpc) is 3.19. The summed E-state index contributed by atoms with van der Waals surface area (Å²) < 4.78 is 19.2. The Labute approximate surface area is 142 Å². The molecule has 0 saturated heterocycles. The molecule has 0 atom stereocenters. The quantitative estimate of drug-likeness (QED) is 0.694. The summed E-state index contributed by atoms with van der Waals surface area (Å²) in [5.41, 5.74) is 3.04. The van der Waals surface area contributed by atoms with Crippen LogP contribution in [-0.2, 0) is 6.42 Å². The monoisotopic (exact) mass is 333 g/mol. The first-order valence-electron chi connectivity index (χ1n) is 8.00. The van der Waals surface area contributed by atoms with Crippen molar-refractivity contribution in [2.24, 2.45) is 0 Å². The van der Waals surface area contributed by atoms with Crippen molar-refractivity contribution >= 4 is 22.6 Å². The van der Waals surface area contributed by atoms with Gasteiger partial charge < -0.3 is 4.74 Å². The Morgan fingerprint density at radius 3 is 2.56 bits per heavy atom. The van der Waals surface area contributed by atoms with Crippen LogP contribution in [0.25, 0.3) is 21.9 Å². The van der Waals surface area contributed by atoms with Gasteiger partial charge in [0.2, 0.25) is 0 Å². The van der Waals surface area contributed by atoms with Gasteiger partial charge in [-0.05, 0) is 34.7 Å². The van der Waals surface area contributed by atoms with E-state index in [9.17, 15) is 14.0 Å². The summed E-state index contributed by atoms with van der Waals surface area (Å²) in [6.45, 7) is 0.583. The number of rotatable bonds is 1. The van der Waals surface area contributed by atoms with Crippen LogP contribution in [0, 0.1) is 5.82 Å². The molecule has 5 heteroatoms. The van der Waals surface area contributed by atoms with Crippen LogP contribution < -0.4 is 10.1 Å². The Morgan fingerprint density at radius 2 is 1.76 bits per heavy atom. The predicted molar refractivity (Wildman–Crippen MR) is 90.3 cm³/mol. The van der Waals surface area contributed by atoms with Gasteiger partial charge in [-0.25, -0.2) is 4.39 Å². The molecular weight excluding hydrogens is 321 g/mol. The van der Waals surface area contributed by atoms with Gasteiger partial charge in [-0.3, -0.25) is 14.9 Å². The molecule has 0 saturated carbocycles. The standard InChI is InChI=1S/C20H12FNO3/c21-13-5-3-10(4-6-13)15-16-12(2-1-11-7-8-25-18(11)16)9-14-17(15)20(24)22-19(14)23/h1-6,9H,7-8H2,(H,22,23,24). The zero-order chi connectivity index (χ0) is 17.1. The number of imide groups is 1. The van der Waals surface area contributed by atoms with E-state index in [1.165, 1.54) is 12.1 Å². The molecule has 122 valence electrons. The lowest BCUT2D eigenvalue weighted by Crippen LogP contribution is -2.20. The highest BCUT2D eigenvalue weighted by Crippen LogP contribution is 2.44. The maximum atomic E-state index is 13.4. The highest BCUT2D eigenvalue weighted by atomic mass is 19.1. The van der Waals surface area contributed by atoms with Crippen LogP contribution in [0.1, 0.15) is 26.3 Å². The summed E-state index contributed by atoms with van der Waals surface area (Å²) in [6.07, 6.45) is 0.802. The average molecular weight is 333 g/mol. The largest absolute Gasteiger partial charge is 0.492 e. The lowest BCUT2D eigenvalue weighted by atomic mass is 9.89. The summed E-state index contributed by atoms with van der Waals surface area (Å²) in [5, 5.41) is 3.97. The first-order valence-corrected chi connectivity index (χ1v) is 8.00. The fourth-order valence-electron chi connectivity index (χ4n) is 3.68. The number of ether oxygens (including phenoxy) is 1. The van der Waals surface area contributed by atoms with Crippen molar-refractivity contribution in [3.63, 3.8) is 0 Å². The summed E-state index contributed by atoms with van der Waals surface area (Å²) in [5.74, 6) is -0.460. The minimum absolute atomic E-state index is 0.327. The Morgan fingerprint density at radius 1 is 0.960 bits per heavy atom. The Hall–Kier alpha value is -3.21. The van der Waals surface area contributed by atoms with E-state index in [2.05, 4.69) is 5.32 Å². The second kappa shape index (κ2) is 4.89. The molecule has 2 aliphatic heterocycles. The van der Waals surface area contributed by atoms with E-state index in [-0.39, 0.29) is 5.82 Å². The molecule has 4 nitrogen and oxygen atoms in total. The van der Waals surface area contributed by atoms with Gasteiger partial charge in [0.05, 0.1) is 17.7 Å². The number of benzene rings is 3. The van der Waals surface area contributed by atoms with Crippen molar-refractivity contribution in [2.75, 3.05) is 6.61 Å². The first-order chi connectivity index (χ1) is 12.1. The number of fused-ring (bicyclic) bond motifs is 4. The van der Waals surface area contributed by atoms with Gasteiger partial charge in [-0.2, -0.15) is 0 Å². The van der Waals surface area contributed by atoms with Crippen LogP contribution in [0.3, 0.4) is 0 Å². The van der Waals surface area contributed by atoms with Crippen molar-refractivity contribution in [3.05, 3.63) is 65.0 Å². The van der Waals surface area contributed by atoms with Gasteiger partial charge in [0.15, 0.2) is 0 Å². The number of nitrogens with one attached hydrogen (secondary N) is 1. The highest BCUT2D eigenvalue weighted by molar-refractivity contribution is 6.28. The van der Waals surface area contributed by atoms with Crippen molar-refractivity contribution in [1.82, 2.24) is 5.32 Å². The molecular formula is C20H12FNO3. The molecule has 0 spiro atoms. The Balaban J connectivity index is 1.97. The van der Waals surface area contributed by atoms with Gasteiger partial charge >= 0.3 is 0 Å². The maximum Gasteiger partial charge on any atom is 0.259 e. The number of halogens is 1. The Kier molecular flexibility index (Phi) is 2.77. The summed E-state index contributed by atoms with van der Waals surface area (Å²) in [4.78, 5) is 24.6. The molecule has 2 amide bonds. The molecule has 1 N–H and O–H groups in total. The molecule has 3 aromatic carbocycles. The molecule has 0 radical (unpaired) electrons. The van der Waals surface area contributed by atoms with Crippen LogP contribution in [0.5, 0.6) is 5.75 Å². The first kappa shape index (κ1) is 14.2. The van der Waals surface area contributed by atoms with Gasteiger partial charge in [-0.1, -0.05) is 24.3 Å². The van der Waals surface area contributed by atoms with E-state index in [1.807, 2.05) is 12.1 Å². The topological polar surface area (TPSA) is 55.4 Å². The number of carbonyl (C=O) groups is 2. The third-order valence-corrected chi connectivity index (χ3v) is 4.79. The molecule has 25 heavy (non-hydrogen) atoms. The van der Waals surface area contributed by atoms with E-state index in [0.29, 0.717) is 28.9 Å². The second-order valence-electron chi connectivity index (χ2n) is 6.21. The zero-order valence-electron chi connectivity index (χ0n) is 13.1. The van der Waals surface area contributed by atoms with Gasteiger partial charge in [0.25, 0.3) is 11.8 Å². The van der Waals surface area contributed by atoms with Crippen LogP contribution in [0.4, 0.5) is 4.39 Å². The second-order valence-corrected chi connectivity index (χ2v) is 6.21. The SMILES string of the molecule is O=C1NC(=O)c2c1cc1ccc3c(c1c2-c1ccc(F)cc1)OCC3. The van der Waals surface area contributed by atoms with E-state index in [1.54, 1.807) is 18.2 Å². The van der Waals surface area contributed by atoms with E-state index in [0.717, 1.165) is 28.5 Å². The Bertz CT molecular complexity index is 1090. The van der Waals surface area contributed by atoms with E-state index < -0.39 is 11.8 Å². The van der Waals surface area contributed by atoms with Gasteiger partial charge in [0, 0.05) is 17.4 Å². The van der Waals surface area contributed by atoms with Gasteiger partial charge in [0.1, 0.15) is 11.6 Å². The van der Waals surface area contributed by atoms with Crippen LogP contribution >= 0.6 is 0 Å². The smallest absolute Gasteiger partial charge is 0.259 e. The maximum absolute atomic E-state index is 13.4. The highest BCUT2D eigenvalue weighted by Gasteiger charge is 2.33. The number of hydrogen-bond donors (Lipinski definition) is 1. The number of amides is 2. The number of hydrogen-bond acceptors (Lipinski definition) is 3. The minimum atomic E-state index is -0.433. The molecule has 0 fully saturated rings. The fraction of sp³-hybridized carbons (Fsp3) is 0.100. The van der Waals surface area contributed by atoms with Crippen molar-refractivity contribution in [3.8, 4) is 16.9 Å². The third-order valence-electron chi connectivity index (χ3n) is 4.79. The summed E-state index contributed by atoms with van der Waals surface area (Å²) in [6, 6.07) is 11.6. The fourth-order valence-corrected chi connectivity index (χ4v) is 3.68. The lowest BCUT2D eigenvalue weighted by Gasteiger charge is -2.14. The molecule has 5 rings (SSSR count). The molecule has 0 unspecified atom stereocenters. The van der Waals surface area contributed by atoms with Crippen LogP contribution in [0.15, 0.2) is 42.5 Å². The number of carbonyl (C=O) groups excluding carboxylic acids is 2. The molecule has 0 aromatic heterocycles.